The number of carbonyl (C=O) groups is 4. The molecule has 1 aromatic carbocycles. The number of amides is 3. The van der Waals surface area contributed by atoms with E-state index in [1.807, 2.05) is 51.1 Å². The molecule has 3 amide bonds. The van der Waals surface area contributed by atoms with E-state index in [-0.39, 0.29) is 50.9 Å². The highest BCUT2D eigenvalue weighted by Gasteiger charge is 2.32. The largest absolute Gasteiger partial charge is 0.462 e. The first kappa shape index (κ1) is 33.4. The van der Waals surface area contributed by atoms with Crippen LogP contribution in [0.25, 0.3) is 0 Å². The van der Waals surface area contributed by atoms with E-state index in [9.17, 15) is 19.2 Å². The van der Waals surface area contributed by atoms with Gasteiger partial charge in [0.1, 0.15) is 19.3 Å². The van der Waals surface area contributed by atoms with Crippen molar-refractivity contribution in [3.05, 3.63) is 61.2 Å². The van der Waals surface area contributed by atoms with Crippen LogP contribution in [-0.2, 0) is 30.5 Å². The Bertz CT molecular complexity index is 959. The van der Waals surface area contributed by atoms with Crippen LogP contribution in [0.15, 0.2) is 55.6 Å². The van der Waals surface area contributed by atoms with Gasteiger partial charge in [0.15, 0.2) is 0 Å². The lowest BCUT2D eigenvalue weighted by atomic mass is 9.86. The summed E-state index contributed by atoms with van der Waals surface area (Å²) in [6.45, 7) is 14.3. The van der Waals surface area contributed by atoms with Gasteiger partial charge in [-0.1, -0.05) is 63.3 Å². The minimum absolute atomic E-state index is 0.0451. The Morgan fingerprint density at radius 2 is 1.62 bits per heavy atom. The molecule has 0 saturated heterocycles. The number of ether oxygens (including phenoxy) is 2. The van der Waals surface area contributed by atoms with E-state index in [1.54, 1.807) is 13.0 Å². The van der Waals surface area contributed by atoms with Crippen molar-refractivity contribution in [1.29, 1.82) is 0 Å². The van der Waals surface area contributed by atoms with Gasteiger partial charge in [-0.05, 0) is 30.7 Å². The van der Waals surface area contributed by atoms with Gasteiger partial charge in [0.25, 0.3) is 0 Å². The molecular formula is C29H43N3O7. The first-order valence-corrected chi connectivity index (χ1v) is 13.0. The van der Waals surface area contributed by atoms with E-state index in [4.69, 9.17) is 14.6 Å². The molecule has 0 heterocycles. The fourth-order valence-corrected chi connectivity index (χ4v) is 3.44. The van der Waals surface area contributed by atoms with Gasteiger partial charge in [-0.3, -0.25) is 9.59 Å². The summed E-state index contributed by atoms with van der Waals surface area (Å²) in [4.78, 5) is 50.5. The third kappa shape index (κ3) is 13.1. The van der Waals surface area contributed by atoms with Crippen molar-refractivity contribution in [1.82, 2.24) is 16.0 Å². The van der Waals surface area contributed by atoms with Crippen LogP contribution in [0.4, 0.5) is 4.79 Å². The molecule has 4 atom stereocenters. The molecule has 216 valence electrons. The molecule has 0 aliphatic carbocycles. The van der Waals surface area contributed by atoms with E-state index in [2.05, 4.69) is 29.1 Å². The van der Waals surface area contributed by atoms with Gasteiger partial charge in [0.2, 0.25) is 11.8 Å². The van der Waals surface area contributed by atoms with Crippen molar-refractivity contribution in [3.8, 4) is 0 Å². The third-order valence-electron chi connectivity index (χ3n) is 5.88. The van der Waals surface area contributed by atoms with Crippen molar-refractivity contribution in [3.63, 3.8) is 0 Å². The molecular weight excluding hydrogens is 502 g/mol. The van der Waals surface area contributed by atoms with Crippen LogP contribution in [0.1, 0.15) is 52.5 Å². The second-order valence-corrected chi connectivity index (χ2v) is 10.4. The van der Waals surface area contributed by atoms with Crippen LogP contribution in [0, 0.1) is 11.3 Å². The van der Waals surface area contributed by atoms with Gasteiger partial charge in [-0.25, -0.2) is 9.59 Å². The molecule has 0 aromatic heterocycles. The summed E-state index contributed by atoms with van der Waals surface area (Å²) in [6.07, 6.45) is 2.56. The Labute approximate surface area is 231 Å². The van der Waals surface area contributed by atoms with Gasteiger partial charge >= 0.3 is 12.1 Å². The minimum atomic E-state index is -1.02. The SMILES string of the molecule is C=CC[C@@H](CC(=O)N[C@H](C)CO)C(=O)N[C@H](COC(=O)[C@@H](CC=C)NC(=O)OCc1ccccc1)C(C)(C)C. The second-order valence-electron chi connectivity index (χ2n) is 10.4. The lowest BCUT2D eigenvalue weighted by molar-refractivity contribution is -0.148. The fourth-order valence-electron chi connectivity index (χ4n) is 3.44. The molecule has 0 aliphatic rings. The van der Waals surface area contributed by atoms with Crippen LogP contribution in [-0.4, -0.2) is 60.3 Å². The second kappa shape index (κ2) is 17.0. The van der Waals surface area contributed by atoms with Crippen LogP contribution in [0.5, 0.6) is 0 Å². The third-order valence-corrected chi connectivity index (χ3v) is 5.88. The number of hydrogen-bond donors (Lipinski definition) is 4. The number of aliphatic hydroxyl groups is 1. The van der Waals surface area contributed by atoms with Gasteiger partial charge in [0.05, 0.1) is 18.6 Å². The molecule has 0 bridgehead atoms. The van der Waals surface area contributed by atoms with Crippen molar-refractivity contribution < 1.29 is 33.8 Å². The molecule has 39 heavy (non-hydrogen) atoms. The van der Waals surface area contributed by atoms with E-state index < -0.39 is 41.5 Å². The number of alkyl carbamates (subject to hydrolysis) is 1. The van der Waals surface area contributed by atoms with Crippen LogP contribution >= 0.6 is 0 Å². The topological polar surface area (TPSA) is 143 Å². The predicted molar refractivity (Wildman–Crippen MR) is 148 cm³/mol. The first-order valence-electron chi connectivity index (χ1n) is 13.0. The minimum Gasteiger partial charge on any atom is -0.462 e. The summed E-state index contributed by atoms with van der Waals surface area (Å²) >= 11 is 0. The van der Waals surface area contributed by atoms with Crippen molar-refractivity contribution in [2.75, 3.05) is 13.2 Å². The maximum absolute atomic E-state index is 13.1. The Kier molecular flexibility index (Phi) is 14.6. The van der Waals surface area contributed by atoms with Crippen molar-refractivity contribution in [2.45, 2.75) is 71.7 Å². The molecule has 0 saturated carbocycles. The average molecular weight is 546 g/mol. The molecule has 1 rings (SSSR count). The smallest absolute Gasteiger partial charge is 0.408 e. The number of esters is 1. The number of hydrogen-bond acceptors (Lipinski definition) is 7. The fraction of sp³-hybridized carbons (Fsp3) is 0.517. The first-order chi connectivity index (χ1) is 18.4. The lowest BCUT2D eigenvalue weighted by Gasteiger charge is -2.32. The summed E-state index contributed by atoms with van der Waals surface area (Å²) in [5.74, 6) is -2.14. The number of aliphatic hydroxyl groups excluding tert-OH is 1. The zero-order valence-corrected chi connectivity index (χ0v) is 23.4. The maximum Gasteiger partial charge on any atom is 0.408 e. The van der Waals surface area contributed by atoms with E-state index in [0.29, 0.717) is 0 Å². The number of carbonyl (C=O) groups excluding carboxylic acids is 4. The molecule has 0 spiro atoms. The van der Waals surface area contributed by atoms with Crippen molar-refractivity contribution in [2.24, 2.45) is 11.3 Å². The summed E-state index contributed by atoms with van der Waals surface area (Å²) in [7, 11) is 0. The van der Waals surface area contributed by atoms with E-state index in [0.717, 1.165) is 5.56 Å². The Morgan fingerprint density at radius 3 is 2.18 bits per heavy atom. The molecule has 1 aromatic rings. The molecule has 10 heteroatoms. The van der Waals surface area contributed by atoms with E-state index >= 15 is 0 Å². The van der Waals surface area contributed by atoms with Crippen LogP contribution in [0.3, 0.4) is 0 Å². The van der Waals surface area contributed by atoms with Gasteiger partial charge in [-0.2, -0.15) is 0 Å². The molecule has 10 nitrogen and oxygen atoms in total. The Hall–Kier alpha value is -3.66. The van der Waals surface area contributed by atoms with Crippen LogP contribution < -0.4 is 16.0 Å². The van der Waals surface area contributed by atoms with Gasteiger partial charge in [0, 0.05) is 12.5 Å². The predicted octanol–water partition coefficient (Wildman–Crippen LogP) is 3.01. The lowest BCUT2D eigenvalue weighted by Crippen LogP contribution is -2.50. The quantitative estimate of drug-likeness (QED) is 0.185. The highest BCUT2D eigenvalue weighted by Crippen LogP contribution is 2.21. The van der Waals surface area contributed by atoms with Gasteiger partial charge in [-0.15, -0.1) is 13.2 Å². The van der Waals surface area contributed by atoms with Gasteiger partial charge < -0.3 is 30.5 Å². The summed E-state index contributed by atoms with van der Waals surface area (Å²) in [5, 5.41) is 17.2. The normalized spacial score (nSPS) is 14.1. The summed E-state index contributed by atoms with van der Waals surface area (Å²) in [5.41, 5.74) is 0.299. The standard InChI is InChI=1S/C29H43N3O7/c1-7-12-22(16-25(34)30-20(3)17-33)26(35)32-24(29(4,5)6)19-38-27(36)23(13-8-2)31-28(37)39-18-21-14-10-9-11-15-21/h7-11,14-15,20,22-24,33H,1-2,12-13,16-19H2,3-6H3,(H,30,34)(H,31,37)(H,32,35)/t20-,22+,23-,24-/m1/s1. The highest BCUT2D eigenvalue weighted by molar-refractivity contribution is 5.86. The Balaban J connectivity index is 2.79. The summed E-state index contributed by atoms with van der Waals surface area (Å²) < 4.78 is 10.7. The molecule has 0 unspecified atom stereocenters. The van der Waals surface area contributed by atoms with Crippen LogP contribution in [0.2, 0.25) is 0 Å². The number of rotatable bonds is 16. The highest BCUT2D eigenvalue weighted by atomic mass is 16.6. The average Bonchev–Trinajstić information content (AvgIpc) is 2.88. The Morgan fingerprint density at radius 1 is 0.974 bits per heavy atom. The van der Waals surface area contributed by atoms with Crippen molar-refractivity contribution >= 4 is 23.9 Å². The molecule has 0 fully saturated rings. The molecule has 4 N–H and O–H groups in total. The molecule has 0 aliphatic heterocycles. The molecule has 0 radical (unpaired) electrons. The number of nitrogens with one attached hydrogen (secondary N) is 3. The number of benzene rings is 1. The zero-order chi connectivity index (χ0) is 29.4. The monoisotopic (exact) mass is 545 g/mol. The van der Waals surface area contributed by atoms with E-state index in [1.165, 1.54) is 6.08 Å². The zero-order valence-electron chi connectivity index (χ0n) is 23.4. The number of allylic oxidation sites excluding steroid dienone is 1. The maximum atomic E-state index is 13.1. The summed E-state index contributed by atoms with van der Waals surface area (Å²) in [6, 6.07) is 7.08.